The van der Waals surface area contributed by atoms with Gasteiger partial charge in [-0.3, -0.25) is 4.79 Å². The molecule has 1 aromatic heterocycles. The van der Waals surface area contributed by atoms with Crippen LogP contribution in [-0.2, 0) is 9.84 Å². The second kappa shape index (κ2) is 6.00. The molecule has 1 atom stereocenters. The molecular weight excluding hydrogens is 359 g/mol. The van der Waals surface area contributed by atoms with Gasteiger partial charge < -0.3 is 9.88 Å². The molecule has 1 N–H and O–H groups in total. The number of H-pyrrole nitrogens is 1. The van der Waals surface area contributed by atoms with Crippen LogP contribution in [0, 0.1) is 0 Å². The minimum absolute atomic E-state index is 0.0102. The summed E-state index contributed by atoms with van der Waals surface area (Å²) in [7, 11) is -3.06. The zero-order valence-electron chi connectivity index (χ0n) is 12.5. The van der Waals surface area contributed by atoms with Gasteiger partial charge in [-0.1, -0.05) is 23.2 Å². The quantitative estimate of drug-likeness (QED) is 0.896. The summed E-state index contributed by atoms with van der Waals surface area (Å²) in [5.74, 6) is -0.153. The maximum absolute atomic E-state index is 12.8. The van der Waals surface area contributed by atoms with Crippen LogP contribution < -0.4 is 0 Å². The van der Waals surface area contributed by atoms with Crippen LogP contribution in [0.1, 0.15) is 23.8 Å². The van der Waals surface area contributed by atoms with E-state index in [9.17, 15) is 13.2 Å². The van der Waals surface area contributed by atoms with E-state index in [0.717, 1.165) is 5.52 Å². The van der Waals surface area contributed by atoms with Gasteiger partial charge in [-0.25, -0.2) is 8.42 Å². The Hall–Kier alpha value is -1.24. The zero-order chi connectivity index (χ0) is 16.8. The van der Waals surface area contributed by atoms with Gasteiger partial charge in [0.1, 0.15) is 5.69 Å². The lowest BCUT2D eigenvalue weighted by Gasteiger charge is -2.26. The van der Waals surface area contributed by atoms with Gasteiger partial charge in [-0.15, -0.1) is 0 Å². The van der Waals surface area contributed by atoms with E-state index in [4.69, 9.17) is 23.2 Å². The monoisotopic (exact) mass is 374 g/mol. The lowest BCUT2D eigenvalue weighted by molar-refractivity contribution is 0.0703. The first kappa shape index (κ1) is 16.6. The Labute approximate surface area is 144 Å². The summed E-state index contributed by atoms with van der Waals surface area (Å²) in [5.41, 5.74) is 0.993. The third kappa shape index (κ3) is 3.07. The molecular formula is C15H16Cl2N2O3S. The molecule has 124 valence electrons. The molecule has 2 aromatic rings. The lowest BCUT2D eigenvalue weighted by Crippen LogP contribution is -2.41. The maximum atomic E-state index is 12.8. The number of hydrogen-bond donors (Lipinski definition) is 1. The summed E-state index contributed by atoms with van der Waals surface area (Å²) >= 11 is 12.3. The highest BCUT2D eigenvalue weighted by Crippen LogP contribution is 2.31. The predicted molar refractivity (Wildman–Crippen MR) is 92.1 cm³/mol. The van der Waals surface area contributed by atoms with Gasteiger partial charge in [0.15, 0.2) is 9.84 Å². The molecule has 1 aliphatic heterocycles. The molecule has 1 aromatic carbocycles. The minimum atomic E-state index is -3.06. The number of aromatic nitrogens is 1. The van der Waals surface area contributed by atoms with Crippen molar-refractivity contribution in [2.75, 3.05) is 18.1 Å². The van der Waals surface area contributed by atoms with Gasteiger partial charge in [-0.2, -0.15) is 0 Å². The smallest absolute Gasteiger partial charge is 0.272 e. The van der Waals surface area contributed by atoms with Crippen molar-refractivity contribution in [1.29, 1.82) is 0 Å². The molecule has 5 nitrogen and oxygen atoms in total. The number of carbonyl (C=O) groups is 1. The fourth-order valence-electron chi connectivity index (χ4n) is 3.01. The van der Waals surface area contributed by atoms with Crippen molar-refractivity contribution in [1.82, 2.24) is 9.88 Å². The van der Waals surface area contributed by atoms with E-state index in [0.29, 0.717) is 28.4 Å². The molecule has 0 unspecified atom stereocenters. The summed E-state index contributed by atoms with van der Waals surface area (Å²) in [6.07, 6.45) is 0.464. The highest BCUT2D eigenvalue weighted by molar-refractivity contribution is 7.91. The molecule has 0 saturated carbocycles. The number of rotatable bonds is 3. The Balaban J connectivity index is 1.97. The molecule has 0 aliphatic carbocycles. The second-order valence-corrected chi connectivity index (χ2v) is 8.70. The Bertz CT molecular complexity index is 876. The molecule has 1 saturated heterocycles. The summed E-state index contributed by atoms with van der Waals surface area (Å²) < 4.78 is 23.4. The van der Waals surface area contributed by atoms with E-state index in [1.807, 2.05) is 6.92 Å². The number of nitrogens with zero attached hydrogens (tertiary/aromatic N) is 1. The highest BCUT2D eigenvalue weighted by atomic mass is 35.5. The predicted octanol–water partition coefficient (Wildman–Crippen LogP) is 3.12. The summed E-state index contributed by atoms with van der Waals surface area (Å²) in [6, 6.07) is 4.87. The average Bonchev–Trinajstić information content (AvgIpc) is 3.00. The first-order chi connectivity index (χ1) is 10.8. The van der Waals surface area contributed by atoms with Gasteiger partial charge >= 0.3 is 0 Å². The summed E-state index contributed by atoms with van der Waals surface area (Å²) in [4.78, 5) is 17.4. The molecule has 3 rings (SSSR count). The van der Waals surface area contributed by atoms with E-state index >= 15 is 0 Å². The van der Waals surface area contributed by atoms with E-state index in [2.05, 4.69) is 4.98 Å². The largest absolute Gasteiger partial charge is 0.349 e. The fourth-order valence-corrected chi connectivity index (χ4v) is 5.20. The normalized spacial score (nSPS) is 20.0. The number of amides is 1. The minimum Gasteiger partial charge on any atom is -0.349 e. The Morgan fingerprint density at radius 2 is 2.13 bits per heavy atom. The van der Waals surface area contributed by atoms with Crippen LogP contribution >= 0.6 is 23.2 Å². The molecule has 0 spiro atoms. The van der Waals surface area contributed by atoms with Gasteiger partial charge in [-0.05, 0) is 31.5 Å². The van der Waals surface area contributed by atoms with Crippen LogP contribution in [-0.4, -0.2) is 48.3 Å². The number of fused-ring (bicyclic) bond motifs is 1. The molecule has 8 heteroatoms. The Kier molecular flexibility index (Phi) is 4.33. The third-order valence-corrected chi connectivity index (χ3v) is 6.54. The van der Waals surface area contributed by atoms with E-state index in [1.165, 1.54) is 0 Å². The van der Waals surface area contributed by atoms with Crippen LogP contribution in [0.4, 0.5) is 0 Å². The van der Waals surface area contributed by atoms with Crippen LogP contribution in [0.3, 0.4) is 0 Å². The van der Waals surface area contributed by atoms with Gasteiger partial charge in [0.25, 0.3) is 5.91 Å². The SMILES string of the molecule is CCN(C(=O)c1[nH]c2ccc(Cl)cc2c1Cl)[C@@H]1CCS(=O)(=O)C1. The van der Waals surface area contributed by atoms with Gasteiger partial charge in [0, 0.05) is 28.5 Å². The molecule has 23 heavy (non-hydrogen) atoms. The third-order valence-electron chi connectivity index (χ3n) is 4.16. The topological polar surface area (TPSA) is 70.2 Å². The van der Waals surface area contributed by atoms with Crippen LogP contribution in [0.25, 0.3) is 10.9 Å². The average molecular weight is 375 g/mol. The fraction of sp³-hybridized carbons (Fsp3) is 0.400. The second-order valence-electron chi connectivity index (χ2n) is 5.65. The van der Waals surface area contributed by atoms with Crippen molar-refractivity contribution in [2.24, 2.45) is 0 Å². The van der Waals surface area contributed by atoms with E-state index < -0.39 is 9.84 Å². The Morgan fingerprint density at radius 1 is 1.39 bits per heavy atom. The zero-order valence-corrected chi connectivity index (χ0v) is 14.8. The van der Waals surface area contributed by atoms with Gasteiger partial charge in [0.2, 0.25) is 0 Å². The standard InChI is InChI=1S/C15H16Cl2N2O3S/c1-2-19(10-5-6-23(21,22)8-10)15(20)14-13(17)11-7-9(16)3-4-12(11)18-14/h3-4,7,10,18H,2,5-6,8H2,1H3/t10-/m1/s1. The summed E-state index contributed by atoms with van der Waals surface area (Å²) in [5, 5.41) is 1.52. The summed E-state index contributed by atoms with van der Waals surface area (Å²) in [6.45, 7) is 2.25. The van der Waals surface area contributed by atoms with Crippen molar-refractivity contribution in [3.05, 3.63) is 33.9 Å². The number of sulfone groups is 1. The van der Waals surface area contributed by atoms with Gasteiger partial charge in [0.05, 0.1) is 16.5 Å². The Morgan fingerprint density at radius 3 is 2.74 bits per heavy atom. The molecule has 1 aliphatic rings. The highest BCUT2D eigenvalue weighted by Gasteiger charge is 2.35. The van der Waals surface area contributed by atoms with Crippen molar-refractivity contribution >= 4 is 49.8 Å². The van der Waals surface area contributed by atoms with Crippen LogP contribution in [0.5, 0.6) is 0 Å². The first-order valence-corrected chi connectivity index (χ1v) is 9.88. The van der Waals surface area contributed by atoms with Crippen molar-refractivity contribution in [2.45, 2.75) is 19.4 Å². The lowest BCUT2D eigenvalue weighted by atomic mass is 10.2. The molecule has 0 bridgehead atoms. The van der Waals surface area contributed by atoms with Crippen molar-refractivity contribution < 1.29 is 13.2 Å². The number of hydrogen-bond acceptors (Lipinski definition) is 3. The molecule has 2 heterocycles. The van der Waals surface area contributed by atoms with Crippen LogP contribution in [0.2, 0.25) is 10.0 Å². The molecule has 0 radical (unpaired) electrons. The number of aromatic amines is 1. The van der Waals surface area contributed by atoms with Crippen molar-refractivity contribution in [3.8, 4) is 0 Å². The maximum Gasteiger partial charge on any atom is 0.272 e. The van der Waals surface area contributed by atoms with E-state index in [-0.39, 0.29) is 29.1 Å². The number of halogens is 2. The molecule has 1 amide bonds. The first-order valence-electron chi connectivity index (χ1n) is 7.30. The van der Waals surface area contributed by atoms with E-state index in [1.54, 1.807) is 23.1 Å². The van der Waals surface area contributed by atoms with Crippen LogP contribution in [0.15, 0.2) is 18.2 Å². The number of carbonyl (C=O) groups excluding carboxylic acids is 1. The number of benzene rings is 1. The van der Waals surface area contributed by atoms with Crippen molar-refractivity contribution in [3.63, 3.8) is 0 Å². The molecule has 1 fully saturated rings. The number of nitrogens with one attached hydrogen (secondary N) is 1.